The summed E-state index contributed by atoms with van der Waals surface area (Å²) < 4.78 is 5.75. The van der Waals surface area contributed by atoms with E-state index in [4.69, 9.17) is 9.84 Å². The monoisotopic (exact) mass is 248 g/mol. The summed E-state index contributed by atoms with van der Waals surface area (Å²) in [4.78, 5) is 4.25. The predicted octanol–water partition coefficient (Wildman–Crippen LogP) is 1.31. The molecule has 0 aromatic carbocycles. The van der Waals surface area contributed by atoms with Crippen molar-refractivity contribution in [3.63, 3.8) is 0 Å². The summed E-state index contributed by atoms with van der Waals surface area (Å²) in [6.07, 6.45) is 6.99. The zero-order valence-corrected chi connectivity index (χ0v) is 10.5. The highest BCUT2D eigenvalue weighted by Crippen LogP contribution is 2.49. The third kappa shape index (κ3) is 2.65. The van der Waals surface area contributed by atoms with Crippen LogP contribution in [0.4, 0.5) is 0 Å². The van der Waals surface area contributed by atoms with Crippen molar-refractivity contribution in [1.82, 2.24) is 10.3 Å². The van der Waals surface area contributed by atoms with Gasteiger partial charge in [0.05, 0.1) is 6.20 Å². The van der Waals surface area contributed by atoms with Crippen LogP contribution in [0.15, 0.2) is 18.5 Å². The van der Waals surface area contributed by atoms with Crippen molar-refractivity contribution in [2.75, 3.05) is 19.8 Å². The van der Waals surface area contributed by atoms with Gasteiger partial charge in [0.2, 0.25) is 0 Å². The molecule has 1 aliphatic carbocycles. The van der Waals surface area contributed by atoms with E-state index in [9.17, 15) is 0 Å². The van der Waals surface area contributed by atoms with Gasteiger partial charge in [-0.05, 0) is 49.3 Å². The fourth-order valence-corrected chi connectivity index (χ4v) is 2.55. The van der Waals surface area contributed by atoms with Crippen molar-refractivity contribution >= 4 is 0 Å². The molecule has 0 radical (unpaired) electrons. The summed E-state index contributed by atoms with van der Waals surface area (Å²) in [6.45, 7) is 2.13. The molecule has 1 aromatic heterocycles. The number of aliphatic hydroxyl groups is 1. The van der Waals surface area contributed by atoms with Crippen molar-refractivity contribution in [2.45, 2.75) is 31.2 Å². The van der Waals surface area contributed by atoms with Gasteiger partial charge >= 0.3 is 0 Å². The number of hydrogen-bond acceptors (Lipinski definition) is 4. The fraction of sp³-hybridized carbons (Fsp3) is 0.643. The Kier molecular flexibility index (Phi) is 3.48. The lowest BCUT2D eigenvalue weighted by atomic mass is 10.1. The first-order chi connectivity index (χ1) is 8.86. The number of aliphatic hydroxyl groups excluding tert-OH is 1. The van der Waals surface area contributed by atoms with Gasteiger partial charge in [-0.15, -0.1) is 0 Å². The first-order valence-electron chi connectivity index (χ1n) is 6.79. The Morgan fingerprint density at radius 3 is 3.06 bits per heavy atom. The lowest BCUT2D eigenvalue weighted by Crippen LogP contribution is -2.46. The molecule has 2 heterocycles. The zero-order valence-electron chi connectivity index (χ0n) is 10.5. The number of hydrogen-bond donors (Lipinski definition) is 2. The number of pyridine rings is 1. The maximum absolute atomic E-state index is 8.93. The van der Waals surface area contributed by atoms with E-state index in [1.54, 1.807) is 6.20 Å². The summed E-state index contributed by atoms with van der Waals surface area (Å²) in [5, 5.41) is 12.2. The average Bonchev–Trinajstić information content (AvgIpc) is 3.07. The summed E-state index contributed by atoms with van der Waals surface area (Å²) in [7, 11) is 0. The molecule has 1 saturated carbocycles. The van der Waals surface area contributed by atoms with Gasteiger partial charge in [-0.25, -0.2) is 0 Å². The zero-order chi connectivity index (χ0) is 12.4. The highest BCUT2D eigenvalue weighted by Gasteiger charge is 2.37. The second-order valence-electron chi connectivity index (χ2n) is 5.32. The van der Waals surface area contributed by atoms with E-state index in [1.807, 2.05) is 6.20 Å². The molecule has 2 aliphatic rings. The van der Waals surface area contributed by atoms with Crippen molar-refractivity contribution in [3.05, 3.63) is 24.0 Å². The van der Waals surface area contributed by atoms with Gasteiger partial charge < -0.3 is 15.2 Å². The van der Waals surface area contributed by atoms with Gasteiger partial charge in [-0.1, -0.05) is 0 Å². The first kappa shape index (κ1) is 11.9. The second kappa shape index (κ2) is 5.24. The largest absolute Gasteiger partial charge is 0.490 e. The second-order valence-corrected chi connectivity index (χ2v) is 5.32. The minimum Gasteiger partial charge on any atom is -0.490 e. The summed E-state index contributed by atoms with van der Waals surface area (Å²) in [5.74, 6) is 2.09. The van der Waals surface area contributed by atoms with Crippen LogP contribution in [0.3, 0.4) is 0 Å². The van der Waals surface area contributed by atoms with E-state index in [0.717, 1.165) is 25.3 Å². The van der Waals surface area contributed by atoms with Crippen LogP contribution < -0.4 is 10.1 Å². The Hall–Kier alpha value is -1.13. The number of nitrogens with one attached hydrogen (secondary N) is 1. The fourth-order valence-electron chi connectivity index (χ4n) is 2.55. The Morgan fingerprint density at radius 2 is 2.33 bits per heavy atom. The third-order valence-electron chi connectivity index (χ3n) is 3.96. The molecule has 4 nitrogen and oxygen atoms in total. The van der Waals surface area contributed by atoms with Gasteiger partial charge in [0.1, 0.15) is 12.4 Å². The molecule has 0 amide bonds. The molecule has 1 aliphatic heterocycles. The molecule has 3 rings (SSSR count). The maximum atomic E-state index is 8.93. The molecule has 1 saturated heterocycles. The average molecular weight is 248 g/mol. The van der Waals surface area contributed by atoms with Gasteiger partial charge in [-0.2, -0.15) is 0 Å². The molecular formula is C14H20N2O2. The van der Waals surface area contributed by atoms with E-state index >= 15 is 0 Å². The number of ether oxygens (including phenoxy) is 1. The standard InChI is InChI=1S/C14H20N2O2/c17-4-2-10-6-14(10)11-5-13(8-15-7-11)18-9-12-1-3-16-12/h5,7-8,10,12,14,16-17H,1-4,6,9H2/t10-,12?,14-/m0/s1. The summed E-state index contributed by atoms with van der Waals surface area (Å²) in [6, 6.07) is 2.62. The van der Waals surface area contributed by atoms with Crippen LogP contribution in [0.5, 0.6) is 5.75 Å². The van der Waals surface area contributed by atoms with Crippen LogP contribution >= 0.6 is 0 Å². The Bertz CT molecular complexity index is 407. The lowest BCUT2D eigenvalue weighted by Gasteiger charge is -2.27. The quantitative estimate of drug-likeness (QED) is 0.797. The molecule has 0 spiro atoms. The Labute approximate surface area is 107 Å². The maximum Gasteiger partial charge on any atom is 0.137 e. The lowest BCUT2D eigenvalue weighted by molar-refractivity contribution is 0.216. The van der Waals surface area contributed by atoms with Crippen molar-refractivity contribution in [2.24, 2.45) is 5.92 Å². The molecule has 98 valence electrons. The molecular weight excluding hydrogens is 228 g/mol. The molecule has 18 heavy (non-hydrogen) atoms. The minimum absolute atomic E-state index is 0.290. The Balaban J connectivity index is 1.55. The van der Waals surface area contributed by atoms with Crippen molar-refractivity contribution in [3.8, 4) is 5.75 Å². The molecule has 3 atom stereocenters. The van der Waals surface area contributed by atoms with E-state index in [2.05, 4.69) is 16.4 Å². The van der Waals surface area contributed by atoms with E-state index in [0.29, 0.717) is 17.9 Å². The van der Waals surface area contributed by atoms with Crippen LogP contribution in [-0.2, 0) is 0 Å². The highest BCUT2D eigenvalue weighted by atomic mass is 16.5. The third-order valence-corrected chi connectivity index (χ3v) is 3.96. The van der Waals surface area contributed by atoms with Crippen LogP contribution in [0.25, 0.3) is 0 Å². The van der Waals surface area contributed by atoms with Crippen molar-refractivity contribution in [1.29, 1.82) is 0 Å². The van der Waals surface area contributed by atoms with E-state index in [1.165, 1.54) is 18.4 Å². The molecule has 2 N–H and O–H groups in total. The molecule has 1 unspecified atom stereocenters. The number of rotatable bonds is 6. The molecule has 0 bridgehead atoms. The summed E-state index contributed by atoms with van der Waals surface area (Å²) >= 11 is 0. The topological polar surface area (TPSA) is 54.4 Å². The van der Waals surface area contributed by atoms with Gasteiger partial charge in [-0.3, -0.25) is 4.98 Å². The Morgan fingerprint density at radius 1 is 1.44 bits per heavy atom. The normalized spacial score (nSPS) is 29.7. The smallest absolute Gasteiger partial charge is 0.137 e. The molecule has 4 heteroatoms. The number of nitrogens with zero attached hydrogens (tertiary/aromatic N) is 1. The van der Waals surface area contributed by atoms with E-state index in [-0.39, 0.29) is 6.61 Å². The summed E-state index contributed by atoms with van der Waals surface area (Å²) in [5.41, 5.74) is 1.26. The first-order valence-corrected chi connectivity index (χ1v) is 6.79. The number of aromatic nitrogens is 1. The van der Waals surface area contributed by atoms with Crippen LogP contribution in [0, 0.1) is 5.92 Å². The predicted molar refractivity (Wildman–Crippen MR) is 68.7 cm³/mol. The van der Waals surface area contributed by atoms with Gasteiger partial charge in [0.25, 0.3) is 0 Å². The van der Waals surface area contributed by atoms with Crippen molar-refractivity contribution < 1.29 is 9.84 Å². The van der Waals surface area contributed by atoms with Crippen LogP contribution in [0.1, 0.15) is 30.7 Å². The molecule has 1 aromatic rings. The molecule has 2 fully saturated rings. The van der Waals surface area contributed by atoms with Crippen LogP contribution in [0.2, 0.25) is 0 Å². The van der Waals surface area contributed by atoms with Gasteiger partial charge in [0, 0.05) is 18.8 Å². The van der Waals surface area contributed by atoms with Gasteiger partial charge in [0.15, 0.2) is 0 Å². The minimum atomic E-state index is 0.290. The SMILES string of the molecule is OCC[C@H]1C[C@@H]1c1cncc(OCC2CCN2)c1. The van der Waals surface area contributed by atoms with E-state index < -0.39 is 0 Å². The van der Waals surface area contributed by atoms with Crippen LogP contribution in [-0.4, -0.2) is 35.9 Å². The highest BCUT2D eigenvalue weighted by molar-refractivity contribution is 5.30.